The fraction of sp³-hybridized carbons (Fsp3) is 0.750. The number of nitroso groups, excluding NO2 is 2. The van der Waals surface area contributed by atoms with Gasteiger partial charge < -0.3 is 20.8 Å². The summed E-state index contributed by atoms with van der Waals surface area (Å²) in [7, 11) is 0. The topological polar surface area (TPSA) is 164 Å². The zero-order valence-electron chi connectivity index (χ0n) is 10.6. The Kier molecular flexibility index (Phi) is 9.33. The van der Waals surface area contributed by atoms with E-state index in [2.05, 4.69) is 21.2 Å². The Morgan fingerprint density at radius 1 is 0.850 bits per heavy atom. The van der Waals surface area contributed by atoms with Crippen LogP contribution in [0.2, 0.25) is 0 Å². The van der Waals surface area contributed by atoms with E-state index in [1.165, 1.54) is 0 Å². The lowest BCUT2D eigenvalue weighted by atomic mass is 10.5. The monoisotopic (exact) mass is 292 g/mol. The molecule has 0 unspecified atom stereocenters. The Balaban J connectivity index is 4.12. The van der Waals surface area contributed by atoms with E-state index in [4.69, 9.17) is 10.2 Å². The second kappa shape index (κ2) is 10.6. The van der Waals surface area contributed by atoms with Crippen LogP contribution in [0.4, 0.5) is 9.59 Å². The summed E-state index contributed by atoms with van der Waals surface area (Å²) in [6.45, 7) is -1.45. The Bertz CT molecular complexity index is 339. The summed E-state index contributed by atoms with van der Waals surface area (Å²) in [6, 6.07) is -1.71. The first-order valence-electron chi connectivity index (χ1n) is 5.59. The van der Waals surface area contributed by atoms with Gasteiger partial charge in [0.05, 0.1) is 36.9 Å². The minimum absolute atomic E-state index is 0.0451. The Morgan fingerprint density at radius 3 is 1.80 bits per heavy atom. The molecule has 20 heavy (non-hydrogen) atoms. The summed E-state index contributed by atoms with van der Waals surface area (Å²) in [5, 5.41) is 27.2. The molecule has 4 amide bonds. The van der Waals surface area contributed by atoms with Crippen LogP contribution in [0.5, 0.6) is 0 Å². The molecule has 0 aliphatic heterocycles. The molecule has 12 nitrogen and oxygen atoms in total. The highest BCUT2D eigenvalue weighted by Crippen LogP contribution is 1.92. The van der Waals surface area contributed by atoms with Crippen LogP contribution < -0.4 is 10.6 Å². The van der Waals surface area contributed by atoms with Gasteiger partial charge >= 0.3 is 12.1 Å². The number of aliphatic hydroxyl groups is 2. The molecule has 0 fully saturated rings. The average molecular weight is 292 g/mol. The molecule has 0 atom stereocenters. The standard InChI is InChI=1S/C8H16N6O6/c15-5-2-10-8(18)13(11-19)3-1-9-7(17)14(12-20)4-6-16/h15-16H,1-6H2,(H,9,17)(H,10,18). The van der Waals surface area contributed by atoms with Crippen LogP contribution in [0.25, 0.3) is 0 Å². The second-order valence-corrected chi connectivity index (χ2v) is 3.32. The zero-order chi connectivity index (χ0) is 15.4. The average Bonchev–Trinajstić information content (AvgIpc) is 2.46. The first kappa shape index (κ1) is 17.7. The third-order valence-corrected chi connectivity index (χ3v) is 1.97. The SMILES string of the molecule is O=NN(CCO)C(=O)NCCN(N=O)C(=O)NCCO. The number of carbonyl (C=O) groups is 2. The molecule has 4 N–H and O–H groups in total. The summed E-state index contributed by atoms with van der Waals surface area (Å²) in [5.41, 5.74) is 0. The van der Waals surface area contributed by atoms with Crippen LogP contribution in [0.1, 0.15) is 0 Å². The van der Waals surface area contributed by atoms with Crippen molar-refractivity contribution in [3.05, 3.63) is 9.81 Å². The maximum atomic E-state index is 11.3. The number of urea groups is 2. The van der Waals surface area contributed by atoms with Gasteiger partial charge in [0.2, 0.25) is 0 Å². The number of carbonyl (C=O) groups excluding carboxylic acids is 2. The highest BCUT2D eigenvalue weighted by Gasteiger charge is 2.16. The van der Waals surface area contributed by atoms with E-state index in [1.807, 2.05) is 0 Å². The van der Waals surface area contributed by atoms with E-state index in [0.717, 1.165) is 0 Å². The van der Waals surface area contributed by atoms with E-state index in [0.29, 0.717) is 10.0 Å². The Hall–Kier alpha value is -2.34. The highest BCUT2D eigenvalue weighted by atomic mass is 16.3. The summed E-state index contributed by atoms with van der Waals surface area (Å²) in [6.07, 6.45) is 0. The summed E-state index contributed by atoms with van der Waals surface area (Å²) in [4.78, 5) is 43.3. The fourth-order valence-electron chi connectivity index (χ4n) is 1.07. The molecule has 0 saturated carbocycles. The van der Waals surface area contributed by atoms with Crippen molar-refractivity contribution in [1.29, 1.82) is 0 Å². The van der Waals surface area contributed by atoms with Crippen molar-refractivity contribution >= 4 is 12.1 Å². The van der Waals surface area contributed by atoms with Crippen LogP contribution in [-0.4, -0.2) is 71.7 Å². The van der Waals surface area contributed by atoms with Crippen LogP contribution >= 0.6 is 0 Å². The third kappa shape index (κ3) is 6.55. The lowest BCUT2D eigenvalue weighted by Crippen LogP contribution is -2.44. The molecule has 0 radical (unpaired) electrons. The normalized spacial score (nSPS) is 9.50. The van der Waals surface area contributed by atoms with Crippen LogP contribution in [-0.2, 0) is 0 Å². The Morgan fingerprint density at radius 2 is 1.35 bits per heavy atom. The molecule has 114 valence electrons. The summed E-state index contributed by atoms with van der Waals surface area (Å²) in [5.74, 6) is 0. The lowest BCUT2D eigenvalue weighted by molar-refractivity contribution is 0.175. The smallest absolute Gasteiger partial charge is 0.340 e. The molecule has 0 aliphatic carbocycles. The molecule has 0 aromatic carbocycles. The van der Waals surface area contributed by atoms with Gasteiger partial charge in [0.1, 0.15) is 0 Å². The quantitative estimate of drug-likeness (QED) is 0.294. The highest BCUT2D eigenvalue weighted by molar-refractivity contribution is 5.75. The summed E-state index contributed by atoms with van der Waals surface area (Å²) < 4.78 is 0. The fourth-order valence-corrected chi connectivity index (χ4v) is 1.07. The van der Waals surface area contributed by atoms with Gasteiger partial charge in [-0.15, -0.1) is 9.81 Å². The maximum Gasteiger partial charge on any atom is 0.340 e. The van der Waals surface area contributed by atoms with Crippen molar-refractivity contribution in [2.45, 2.75) is 0 Å². The molecular weight excluding hydrogens is 276 g/mol. The molecule has 0 saturated heterocycles. The number of aliphatic hydroxyl groups excluding tert-OH is 2. The number of nitrogens with one attached hydrogen (secondary N) is 2. The van der Waals surface area contributed by atoms with Crippen LogP contribution in [0, 0.1) is 9.81 Å². The first-order chi connectivity index (χ1) is 9.60. The van der Waals surface area contributed by atoms with Gasteiger partial charge in [0.15, 0.2) is 0 Å². The lowest BCUT2D eigenvalue weighted by Gasteiger charge is -2.16. The molecule has 0 bridgehead atoms. The number of hydrogen-bond acceptors (Lipinski definition) is 8. The number of amides is 4. The predicted octanol–water partition coefficient (Wildman–Crippen LogP) is -1.64. The Labute approximate surface area is 113 Å². The van der Waals surface area contributed by atoms with Crippen molar-refractivity contribution in [1.82, 2.24) is 20.7 Å². The molecule has 0 aromatic rings. The van der Waals surface area contributed by atoms with Gasteiger partial charge in [-0.25, -0.2) is 9.59 Å². The minimum Gasteiger partial charge on any atom is -0.395 e. The molecule has 0 spiro atoms. The largest absolute Gasteiger partial charge is 0.395 e. The minimum atomic E-state index is -0.879. The van der Waals surface area contributed by atoms with E-state index < -0.39 is 18.7 Å². The van der Waals surface area contributed by atoms with Crippen LogP contribution in [0.3, 0.4) is 0 Å². The van der Waals surface area contributed by atoms with Gasteiger partial charge in [-0.2, -0.15) is 10.0 Å². The molecule has 0 rings (SSSR count). The predicted molar refractivity (Wildman–Crippen MR) is 66.0 cm³/mol. The van der Waals surface area contributed by atoms with Gasteiger partial charge in [-0.05, 0) is 0 Å². The maximum absolute atomic E-state index is 11.3. The summed E-state index contributed by atoms with van der Waals surface area (Å²) >= 11 is 0. The van der Waals surface area contributed by atoms with E-state index in [1.54, 1.807) is 0 Å². The van der Waals surface area contributed by atoms with Gasteiger partial charge in [-0.3, -0.25) is 0 Å². The van der Waals surface area contributed by atoms with Crippen molar-refractivity contribution in [2.75, 3.05) is 39.4 Å². The van der Waals surface area contributed by atoms with E-state index >= 15 is 0 Å². The zero-order valence-corrected chi connectivity index (χ0v) is 10.6. The van der Waals surface area contributed by atoms with Crippen molar-refractivity contribution in [2.24, 2.45) is 10.6 Å². The van der Waals surface area contributed by atoms with Gasteiger partial charge in [-0.1, -0.05) is 0 Å². The first-order valence-corrected chi connectivity index (χ1v) is 5.59. The van der Waals surface area contributed by atoms with Gasteiger partial charge in [0.25, 0.3) is 0 Å². The number of nitrogens with zero attached hydrogens (tertiary/aromatic N) is 4. The molecule has 0 heterocycles. The van der Waals surface area contributed by atoms with Crippen molar-refractivity contribution in [3.8, 4) is 0 Å². The molecule has 0 aliphatic rings. The van der Waals surface area contributed by atoms with E-state index in [-0.39, 0.29) is 32.8 Å². The second-order valence-electron chi connectivity index (χ2n) is 3.32. The molecule has 0 aromatic heterocycles. The third-order valence-electron chi connectivity index (χ3n) is 1.97. The molecular formula is C8H16N6O6. The van der Waals surface area contributed by atoms with Crippen LogP contribution in [0.15, 0.2) is 10.6 Å². The number of rotatable bonds is 9. The molecule has 12 heteroatoms. The van der Waals surface area contributed by atoms with Crippen molar-refractivity contribution < 1.29 is 19.8 Å². The number of hydrogen-bond donors (Lipinski definition) is 4. The van der Waals surface area contributed by atoms with Gasteiger partial charge in [0, 0.05) is 13.1 Å². The van der Waals surface area contributed by atoms with E-state index in [9.17, 15) is 19.4 Å². The van der Waals surface area contributed by atoms with Crippen molar-refractivity contribution in [3.63, 3.8) is 0 Å².